The maximum absolute atomic E-state index is 11.8. The van der Waals surface area contributed by atoms with E-state index in [1.807, 2.05) is 0 Å². The second-order valence-electron chi connectivity index (χ2n) is 3.33. The fourth-order valence-corrected chi connectivity index (χ4v) is 1.49. The predicted molar refractivity (Wildman–Crippen MR) is 61.9 cm³/mol. The zero-order valence-electron chi connectivity index (χ0n) is 9.08. The van der Waals surface area contributed by atoms with Crippen LogP contribution in [0.3, 0.4) is 0 Å². The molecular weight excluding hydrogens is 222 g/mol. The number of rotatable bonds is 3. The van der Waals surface area contributed by atoms with Crippen LogP contribution < -0.4 is 10.2 Å². The SMILES string of the molecule is COc1ccc2oc(CN=[N+]=[N-])cc(=O)c2c1. The maximum Gasteiger partial charge on any atom is 0.193 e. The summed E-state index contributed by atoms with van der Waals surface area (Å²) in [6.45, 7) is 0.0215. The fourth-order valence-electron chi connectivity index (χ4n) is 1.49. The number of azide groups is 1. The van der Waals surface area contributed by atoms with Crippen LogP contribution in [-0.2, 0) is 6.54 Å². The Morgan fingerprint density at radius 1 is 1.47 bits per heavy atom. The lowest BCUT2D eigenvalue weighted by molar-refractivity contribution is 0.415. The summed E-state index contributed by atoms with van der Waals surface area (Å²) in [6, 6.07) is 6.27. The zero-order chi connectivity index (χ0) is 12.3. The van der Waals surface area contributed by atoms with E-state index in [1.165, 1.54) is 13.2 Å². The van der Waals surface area contributed by atoms with Gasteiger partial charge in [0, 0.05) is 11.0 Å². The van der Waals surface area contributed by atoms with E-state index < -0.39 is 0 Å². The van der Waals surface area contributed by atoms with E-state index in [2.05, 4.69) is 10.0 Å². The minimum absolute atomic E-state index is 0.0215. The molecule has 2 aromatic rings. The molecule has 0 bridgehead atoms. The Balaban J connectivity index is 2.59. The third-order valence-corrected chi connectivity index (χ3v) is 2.28. The summed E-state index contributed by atoms with van der Waals surface area (Å²) in [5.74, 6) is 0.929. The Morgan fingerprint density at radius 3 is 3.00 bits per heavy atom. The summed E-state index contributed by atoms with van der Waals surface area (Å²) >= 11 is 0. The summed E-state index contributed by atoms with van der Waals surface area (Å²) < 4.78 is 10.4. The number of ether oxygens (including phenoxy) is 1. The molecule has 17 heavy (non-hydrogen) atoms. The molecule has 0 fully saturated rings. The van der Waals surface area contributed by atoms with E-state index in [1.54, 1.807) is 18.2 Å². The van der Waals surface area contributed by atoms with Crippen molar-refractivity contribution in [3.63, 3.8) is 0 Å². The van der Waals surface area contributed by atoms with Crippen molar-refractivity contribution in [3.05, 3.63) is 50.7 Å². The molecule has 0 atom stereocenters. The summed E-state index contributed by atoms with van der Waals surface area (Å²) in [7, 11) is 1.53. The molecule has 0 N–H and O–H groups in total. The van der Waals surface area contributed by atoms with Crippen LogP contribution in [0.15, 0.2) is 38.6 Å². The standard InChI is InChI=1S/C11H9N3O3/c1-16-7-2-3-11-9(4-7)10(15)5-8(17-11)6-13-14-12/h2-5H,6H2,1H3. The van der Waals surface area contributed by atoms with Crippen LogP contribution in [0, 0.1) is 0 Å². The molecule has 86 valence electrons. The molecule has 0 amide bonds. The number of nitrogens with zero attached hydrogens (tertiary/aromatic N) is 3. The molecule has 1 heterocycles. The van der Waals surface area contributed by atoms with Crippen LogP contribution in [0.25, 0.3) is 21.4 Å². The third kappa shape index (κ3) is 2.21. The molecule has 0 saturated heterocycles. The summed E-state index contributed by atoms with van der Waals surface area (Å²) in [5.41, 5.74) is 8.46. The molecule has 0 unspecified atom stereocenters. The van der Waals surface area contributed by atoms with E-state index >= 15 is 0 Å². The van der Waals surface area contributed by atoms with Crippen molar-refractivity contribution in [3.8, 4) is 5.75 Å². The highest BCUT2D eigenvalue weighted by Crippen LogP contribution is 2.19. The zero-order valence-corrected chi connectivity index (χ0v) is 9.08. The molecule has 0 aliphatic rings. The van der Waals surface area contributed by atoms with Gasteiger partial charge in [-0.25, -0.2) is 0 Å². The summed E-state index contributed by atoms with van der Waals surface area (Å²) in [4.78, 5) is 14.4. The van der Waals surface area contributed by atoms with Gasteiger partial charge in [-0.15, -0.1) is 0 Å². The van der Waals surface area contributed by atoms with Gasteiger partial charge in [0.15, 0.2) is 5.43 Å². The van der Waals surface area contributed by atoms with Gasteiger partial charge in [0.1, 0.15) is 17.1 Å². The van der Waals surface area contributed by atoms with Crippen LogP contribution in [0.5, 0.6) is 5.75 Å². The lowest BCUT2D eigenvalue weighted by atomic mass is 10.2. The third-order valence-electron chi connectivity index (χ3n) is 2.28. The van der Waals surface area contributed by atoms with E-state index in [0.29, 0.717) is 22.5 Å². The number of hydrogen-bond acceptors (Lipinski definition) is 4. The van der Waals surface area contributed by atoms with Crippen LogP contribution in [-0.4, -0.2) is 7.11 Å². The number of benzene rings is 1. The quantitative estimate of drug-likeness (QED) is 0.462. The first-order chi connectivity index (χ1) is 8.24. The molecule has 6 nitrogen and oxygen atoms in total. The van der Waals surface area contributed by atoms with E-state index in [9.17, 15) is 4.79 Å². The summed E-state index contributed by atoms with van der Waals surface area (Å²) in [6.07, 6.45) is 0. The van der Waals surface area contributed by atoms with Crippen molar-refractivity contribution >= 4 is 11.0 Å². The van der Waals surface area contributed by atoms with Gasteiger partial charge < -0.3 is 9.15 Å². The summed E-state index contributed by atoms with van der Waals surface area (Å²) in [5, 5.41) is 3.79. The molecule has 0 radical (unpaired) electrons. The van der Waals surface area contributed by atoms with Gasteiger partial charge in [0.2, 0.25) is 0 Å². The molecule has 1 aromatic heterocycles. The number of fused-ring (bicyclic) bond motifs is 1. The number of hydrogen-bond donors (Lipinski definition) is 0. The van der Waals surface area contributed by atoms with Crippen molar-refractivity contribution < 1.29 is 9.15 Å². The van der Waals surface area contributed by atoms with Crippen molar-refractivity contribution in [2.24, 2.45) is 5.11 Å². The first-order valence-electron chi connectivity index (χ1n) is 4.86. The van der Waals surface area contributed by atoms with E-state index in [4.69, 9.17) is 14.7 Å². The van der Waals surface area contributed by atoms with Crippen molar-refractivity contribution in [1.82, 2.24) is 0 Å². The van der Waals surface area contributed by atoms with E-state index in [-0.39, 0.29) is 12.0 Å². The van der Waals surface area contributed by atoms with Crippen LogP contribution in [0.2, 0.25) is 0 Å². The van der Waals surface area contributed by atoms with E-state index in [0.717, 1.165) is 0 Å². The highest BCUT2D eigenvalue weighted by atomic mass is 16.5. The second kappa shape index (κ2) is 4.59. The Labute approximate surface area is 96.1 Å². The largest absolute Gasteiger partial charge is 0.497 e. The first-order valence-corrected chi connectivity index (χ1v) is 4.86. The normalized spacial score (nSPS) is 9.94. The molecule has 0 aliphatic carbocycles. The van der Waals surface area contributed by atoms with Gasteiger partial charge in [-0.05, 0) is 23.7 Å². The minimum atomic E-state index is -0.187. The molecular formula is C11H9N3O3. The van der Waals surface area contributed by atoms with Crippen molar-refractivity contribution in [2.45, 2.75) is 6.54 Å². The molecule has 2 rings (SSSR count). The maximum atomic E-state index is 11.8. The van der Waals surface area contributed by atoms with Crippen LogP contribution in [0.1, 0.15) is 5.76 Å². The Hall–Kier alpha value is -2.46. The van der Waals surface area contributed by atoms with Gasteiger partial charge in [0.25, 0.3) is 0 Å². The monoisotopic (exact) mass is 231 g/mol. The smallest absolute Gasteiger partial charge is 0.193 e. The second-order valence-corrected chi connectivity index (χ2v) is 3.33. The average molecular weight is 231 g/mol. The van der Waals surface area contributed by atoms with Gasteiger partial charge in [0.05, 0.1) is 19.0 Å². The Morgan fingerprint density at radius 2 is 2.29 bits per heavy atom. The molecule has 1 aromatic carbocycles. The average Bonchev–Trinajstić information content (AvgIpc) is 2.36. The Kier molecular flexibility index (Phi) is 2.98. The highest BCUT2D eigenvalue weighted by molar-refractivity contribution is 5.78. The van der Waals surface area contributed by atoms with Crippen molar-refractivity contribution in [1.29, 1.82) is 0 Å². The minimum Gasteiger partial charge on any atom is -0.497 e. The predicted octanol–water partition coefficient (Wildman–Crippen LogP) is 2.61. The topological polar surface area (TPSA) is 88.2 Å². The molecule has 0 spiro atoms. The van der Waals surface area contributed by atoms with Gasteiger partial charge >= 0.3 is 0 Å². The van der Waals surface area contributed by atoms with Crippen LogP contribution in [0.4, 0.5) is 0 Å². The lowest BCUT2D eigenvalue weighted by Crippen LogP contribution is -2.02. The fraction of sp³-hybridized carbons (Fsp3) is 0.182. The van der Waals surface area contributed by atoms with Gasteiger partial charge in [-0.3, -0.25) is 4.79 Å². The van der Waals surface area contributed by atoms with Gasteiger partial charge in [-0.1, -0.05) is 5.11 Å². The van der Waals surface area contributed by atoms with Crippen LogP contribution >= 0.6 is 0 Å². The van der Waals surface area contributed by atoms with Crippen molar-refractivity contribution in [2.75, 3.05) is 7.11 Å². The number of methoxy groups -OCH3 is 1. The molecule has 0 saturated carbocycles. The first kappa shape index (κ1) is 11.0. The lowest BCUT2D eigenvalue weighted by Gasteiger charge is -2.02. The Bertz CT molecular complexity index is 657. The molecule has 0 aliphatic heterocycles. The molecule has 6 heteroatoms. The highest BCUT2D eigenvalue weighted by Gasteiger charge is 2.05. The van der Waals surface area contributed by atoms with Gasteiger partial charge in [-0.2, -0.15) is 0 Å².